The number of ether oxygens (including phenoxy) is 2. The first-order chi connectivity index (χ1) is 15.6. The molecule has 0 bridgehead atoms. The number of alkyl halides is 2. The summed E-state index contributed by atoms with van der Waals surface area (Å²) in [5.74, 6) is 0.916. The molecule has 172 valence electrons. The highest BCUT2D eigenvalue weighted by molar-refractivity contribution is 5.41. The minimum absolute atomic E-state index is 0.0529. The van der Waals surface area contributed by atoms with Crippen LogP contribution in [0.15, 0.2) is 42.6 Å². The van der Waals surface area contributed by atoms with Crippen molar-refractivity contribution in [3.8, 4) is 5.75 Å². The number of aromatic nitrogens is 1. The zero-order valence-electron chi connectivity index (χ0n) is 18.3. The zero-order valence-corrected chi connectivity index (χ0v) is 18.3. The fraction of sp³-hybridized carbons (Fsp3) is 0.560. The van der Waals surface area contributed by atoms with E-state index < -0.39 is 6.61 Å². The van der Waals surface area contributed by atoms with Gasteiger partial charge in [0.05, 0.1) is 18.4 Å². The maximum absolute atomic E-state index is 12.5. The third-order valence-electron chi connectivity index (χ3n) is 7.15. The number of benzene rings is 1. The van der Waals surface area contributed by atoms with Crippen LogP contribution in [0.25, 0.3) is 0 Å². The van der Waals surface area contributed by atoms with E-state index in [4.69, 9.17) is 4.74 Å². The number of halogens is 2. The van der Waals surface area contributed by atoms with E-state index in [-0.39, 0.29) is 18.8 Å². The first-order valence-corrected chi connectivity index (χ1v) is 11.6. The van der Waals surface area contributed by atoms with Gasteiger partial charge in [0.15, 0.2) is 0 Å². The Morgan fingerprint density at radius 2 is 1.97 bits per heavy atom. The second kappa shape index (κ2) is 9.41. The number of hydrogen-bond acceptors (Lipinski definition) is 5. The minimum Gasteiger partial charge on any atom is -0.490 e. The van der Waals surface area contributed by atoms with Crippen molar-refractivity contribution in [2.75, 3.05) is 26.2 Å². The van der Waals surface area contributed by atoms with E-state index in [1.165, 1.54) is 5.56 Å². The maximum atomic E-state index is 12.5. The lowest BCUT2D eigenvalue weighted by atomic mass is 9.63. The summed E-state index contributed by atoms with van der Waals surface area (Å²) < 4.78 is 36.0. The second-order valence-corrected chi connectivity index (χ2v) is 9.42. The van der Waals surface area contributed by atoms with Crippen LogP contribution >= 0.6 is 0 Å². The summed E-state index contributed by atoms with van der Waals surface area (Å²) in [6.07, 6.45) is 6.43. The Balaban J connectivity index is 1.35. The number of fused-ring (bicyclic) bond motifs is 1. The third kappa shape index (κ3) is 4.65. The zero-order chi connectivity index (χ0) is 22.0. The van der Waals surface area contributed by atoms with Crippen molar-refractivity contribution in [1.29, 1.82) is 0 Å². The Kier molecular flexibility index (Phi) is 6.40. The molecule has 0 amide bonds. The molecule has 0 radical (unpaired) electrons. The van der Waals surface area contributed by atoms with E-state index in [9.17, 15) is 8.78 Å². The molecule has 2 aromatic rings. The van der Waals surface area contributed by atoms with E-state index in [2.05, 4.69) is 44.2 Å². The maximum Gasteiger partial charge on any atom is 0.345 e. The Morgan fingerprint density at radius 1 is 1.16 bits per heavy atom. The van der Waals surface area contributed by atoms with Crippen LogP contribution in [0.3, 0.4) is 0 Å². The van der Waals surface area contributed by atoms with E-state index in [0.717, 1.165) is 68.9 Å². The van der Waals surface area contributed by atoms with Gasteiger partial charge in [-0.05, 0) is 37.3 Å². The van der Waals surface area contributed by atoms with Gasteiger partial charge in [-0.2, -0.15) is 8.78 Å². The minimum atomic E-state index is -2.72. The smallest absolute Gasteiger partial charge is 0.345 e. The monoisotopic (exact) mass is 443 g/mol. The van der Waals surface area contributed by atoms with Gasteiger partial charge in [0.1, 0.15) is 5.75 Å². The average Bonchev–Trinajstić information content (AvgIpc) is 2.73. The lowest BCUT2D eigenvalue weighted by molar-refractivity contribution is -0.130. The highest BCUT2D eigenvalue weighted by atomic mass is 19.3. The molecule has 3 heterocycles. The van der Waals surface area contributed by atoms with E-state index in [1.807, 2.05) is 18.3 Å². The lowest BCUT2D eigenvalue weighted by Gasteiger charge is -2.54. The average molecular weight is 444 g/mol. The summed E-state index contributed by atoms with van der Waals surface area (Å²) in [5.41, 5.74) is 3.91. The van der Waals surface area contributed by atoms with Crippen molar-refractivity contribution in [3.05, 3.63) is 59.4 Å². The van der Waals surface area contributed by atoms with Crippen LogP contribution in [0.5, 0.6) is 5.75 Å². The van der Waals surface area contributed by atoms with Crippen LogP contribution in [-0.2, 0) is 17.7 Å². The molecular formula is C25H31F2N3O2. The largest absolute Gasteiger partial charge is 0.490 e. The molecule has 5 nitrogen and oxygen atoms in total. The highest BCUT2D eigenvalue weighted by Gasteiger charge is 2.50. The van der Waals surface area contributed by atoms with Crippen LogP contribution < -0.4 is 10.1 Å². The summed E-state index contributed by atoms with van der Waals surface area (Å²) in [4.78, 5) is 7.10. The van der Waals surface area contributed by atoms with E-state index in [0.29, 0.717) is 11.8 Å². The molecule has 1 N–H and O–H groups in total. The van der Waals surface area contributed by atoms with Gasteiger partial charge in [-0.3, -0.25) is 9.88 Å². The van der Waals surface area contributed by atoms with Crippen molar-refractivity contribution in [2.45, 2.75) is 57.4 Å². The number of nitrogens with zero attached hydrogens (tertiary/aromatic N) is 2. The summed E-state index contributed by atoms with van der Waals surface area (Å²) in [7, 11) is 0. The molecule has 1 atom stereocenters. The number of rotatable bonds is 9. The van der Waals surface area contributed by atoms with Crippen LogP contribution in [0.2, 0.25) is 0 Å². The molecule has 1 unspecified atom stereocenters. The summed E-state index contributed by atoms with van der Waals surface area (Å²) >= 11 is 0. The second-order valence-electron chi connectivity index (χ2n) is 9.42. The molecule has 1 saturated carbocycles. The Morgan fingerprint density at radius 3 is 2.69 bits per heavy atom. The Hall–Kier alpha value is -2.09. The van der Waals surface area contributed by atoms with Gasteiger partial charge >= 0.3 is 6.61 Å². The molecule has 5 rings (SSSR count). The summed E-state index contributed by atoms with van der Waals surface area (Å²) in [5, 5.41) is 3.37. The van der Waals surface area contributed by atoms with E-state index in [1.54, 1.807) is 0 Å². The Labute approximate surface area is 188 Å². The standard InChI is InChI=1S/C25H31F2N3O2/c26-24(27)31-12-4-7-21-23-20(9-11-30(21)15-18-5-2-1-3-6-18)29-10-8-22(23)32-19-13-25(14-19)16-28-17-25/h1-3,5-6,8,10,19,21,24,28H,4,7,9,11-17H2. The third-order valence-corrected chi connectivity index (χ3v) is 7.15. The van der Waals surface area contributed by atoms with Crippen molar-refractivity contribution >= 4 is 0 Å². The molecule has 3 aliphatic rings. The van der Waals surface area contributed by atoms with Gasteiger partial charge in [0.2, 0.25) is 0 Å². The van der Waals surface area contributed by atoms with Gasteiger partial charge in [0, 0.05) is 55.8 Å². The van der Waals surface area contributed by atoms with Gasteiger partial charge in [0.25, 0.3) is 0 Å². The number of pyridine rings is 1. The van der Waals surface area contributed by atoms with Crippen molar-refractivity contribution < 1.29 is 18.3 Å². The Bertz CT molecular complexity index is 899. The fourth-order valence-corrected chi connectivity index (χ4v) is 5.46. The topological polar surface area (TPSA) is 46.6 Å². The van der Waals surface area contributed by atoms with Gasteiger partial charge in [-0.15, -0.1) is 0 Å². The van der Waals surface area contributed by atoms with Crippen LogP contribution in [0.1, 0.15) is 48.5 Å². The lowest BCUT2D eigenvalue weighted by Crippen LogP contribution is -2.62. The van der Waals surface area contributed by atoms with Gasteiger partial charge < -0.3 is 14.8 Å². The number of nitrogens with one attached hydrogen (secondary N) is 1. The molecule has 1 aromatic heterocycles. The SMILES string of the molecule is FC(F)OCCCC1c2c(OC3CC4(CNC4)C3)ccnc2CCN1Cc1ccccc1. The molecular weight excluding hydrogens is 412 g/mol. The van der Waals surface area contributed by atoms with Gasteiger partial charge in [-0.25, -0.2) is 0 Å². The van der Waals surface area contributed by atoms with Crippen molar-refractivity contribution in [2.24, 2.45) is 5.41 Å². The summed E-state index contributed by atoms with van der Waals surface area (Å²) in [6, 6.07) is 12.4. The molecule has 1 aromatic carbocycles. The van der Waals surface area contributed by atoms with Crippen LogP contribution in [-0.4, -0.2) is 48.8 Å². The van der Waals surface area contributed by atoms with E-state index >= 15 is 0 Å². The fourth-order valence-electron chi connectivity index (χ4n) is 5.46. The molecule has 1 aliphatic carbocycles. The normalized spacial score (nSPS) is 22.4. The highest BCUT2D eigenvalue weighted by Crippen LogP contribution is 2.47. The quantitative estimate of drug-likeness (QED) is 0.585. The first-order valence-electron chi connectivity index (χ1n) is 11.6. The predicted octanol–water partition coefficient (Wildman–Crippen LogP) is 4.33. The first kappa shape index (κ1) is 21.7. The number of hydrogen-bond donors (Lipinski definition) is 1. The predicted molar refractivity (Wildman–Crippen MR) is 118 cm³/mol. The molecule has 1 spiro atoms. The molecule has 7 heteroatoms. The van der Waals surface area contributed by atoms with Crippen LogP contribution in [0, 0.1) is 5.41 Å². The molecule has 2 aliphatic heterocycles. The van der Waals surface area contributed by atoms with Gasteiger partial charge in [-0.1, -0.05) is 30.3 Å². The summed E-state index contributed by atoms with van der Waals surface area (Å²) in [6.45, 7) is 1.22. The molecule has 2 fully saturated rings. The molecule has 1 saturated heterocycles. The molecule has 32 heavy (non-hydrogen) atoms. The van der Waals surface area contributed by atoms with Crippen LogP contribution in [0.4, 0.5) is 8.78 Å². The van der Waals surface area contributed by atoms with Crippen molar-refractivity contribution in [1.82, 2.24) is 15.2 Å². The van der Waals surface area contributed by atoms with Crippen molar-refractivity contribution in [3.63, 3.8) is 0 Å².